The summed E-state index contributed by atoms with van der Waals surface area (Å²) in [4.78, 5) is 26.2. The van der Waals surface area contributed by atoms with Crippen molar-refractivity contribution < 1.29 is 14.7 Å². The van der Waals surface area contributed by atoms with Gasteiger partial charge in [0.25, 0.3) is 0 Å². The number of amides is 2. The van der Waals surface area contributed by atoms with Crippen molar-refractivity contribution in [2.75, 3.05) is 19.7 Å². The maximum absolute atomic E-state index is 12.4. The second kappa shape index (κ2) is 8.48. The molecule has 0 spiro atoms. The number of aliphatic hydroxyl groups excluding tert-OH is 1. The molecule has 0 aromatic heterocycles. The second-order valence-corrected chi connectivity index (χ2v) is 7.66. The Morgan fingerprint density at radius 2 is 2.04 bits per heavy atom. The van der Waals surface area contributed by atoms with Crippen LogP contribution in [0.25, 0.3) is 0 Å². The van der Waals surface area contributed by atoms with Crippen LogP contribution in [0.5, 0.6) is 0 Å². The van der Waals surface area contributed by atoms with Crippen LogP contribution in [0.1, 0.15) is 57.2 Å². The summed E-state index contributed by atoms with van der Waals surface area (Å²) in [6, 6.07) is 7.88. The van der Waals surface area contributed by atoms with Gasteiger partial charge in [0.2, 0.25) is 11.8 Å². The number of nitrogens with one attached hydrogen (secondary N) is 1. The predicted molar refractivity (Wildman–Crippen MR) is 98.0 cm³/mol. The highest BCUT2D eigenvalue weighted by Crippen LogP contribution is 2.32. The summed E-state index contributed by atoms with van der Waals surface area (Å²) >= 11 is 0. The van der Waals surface area contributed by atoms with Gasteiger partial charge >= 0.3 is 0 Å². The first kappa shape index (κ1) is 19.4. The van der Waals surface area contributed by atoms with Crippen LogP contribution in [0.4, 0.5) is 0 Å². The summed E-state index contributed by atoms with van der Waals surface area (Å²) in [5.41, 5.74) is 2.20. The van der Waals surface area contributed by atoms with E-state index >= 15 is 0 Å². The lowest BCUT2D eigenvalue weighted by molar-refractivity contribution is -0.133. The fraction of sp³-hybridized carbons (Fsp3) is 0.600. The van der Waals surface area contributed by atoms with Gasteiger partial charge in [0.05, 0.1) is 12.5 Å². The average molecular weight is 346 g/mol. The van der Waals surface area contributed by atoms with Crippen molar-refractivity contribution in [3.05, 3.63) is 35.4 Å². The Kier molecular flexibility index (Phi) is 6.59. The Morgan fingerprint density at radius 3 is 2.72 bits per heavy atom. The third-order valence-electron chi connectivity index (χ3n) is 4.98. The van der Waals surface area contributed by atoms with E-state index in [0.717, 1.165) is 24.8 Å². The van der Waals surface area contributed by atoms with Crippen LogP contribution in [-0.4, -0.2) is 41.5 Å². The van der Waals surface area contributed by atoms with Crippen LogP contribution in [0, 0.1) is 5.41 Å². The van der Waals surface area contributed by atoms with Crippen molar-refractivity contribution in [1.29, 1.82) is 0 Å². The molecule has 5 heteroatoms. The van der Waals surface area contributed by atoms with E-state index in [9.17, 15) is 14.7 Å². The zero-order valence-corrected chi connectivity index (χ0v) is 15.5. The minimum Gasteiger partial charge on any atom is -0.396 e. The van der Waals surface area contributed by atoms with Crippen molar-refractivity contribution in [1.82, 2.24) is 10.2 Å². The molecule has 1 aliphatic heterocycles. The number of nitrogens with zero attached hydrogens (tertiary/aromatic N) is 1. The van der Waals surface area contributed by atoms with Gasteiger partial charge in [0, 0.05) is 26.6 Å². The molecule has 1 aliphatic rings. The van der Waals surface area contributed by atoms with E-state index in [-0.39, 0.29) is 29.9 Å². The second-order valence-electron chi connectivity index (χ2n) is 7.66. The highest BCUT2D eigenvalue weighted by Gasteiger charge is 2.30. The lowest BCUT2D eigenvalue weighted by Gasteiger charge is -2.36. The molecule has 1 aromatic rings. The highest BCUT2D eigenvalue weighted by molar-refractivity contribution is 5.79. The Labute approximate surface area is 150 Å². The summed E-state index contributed by atoms with van der Waals surface area (Å²) < 4.78 is 0. The number of rotatable bonds is 7. The molecular weight excluding hydrogens is 316 g/mol. The number of aliphatic hydroxyl groups is 1. The summed E-state index contributed by atoms with van der Waals surface area (Å²) in [6.45, 7) is 6.99. The Morgan fingerprint density at radius 1 is 1.32 bits per heavy atom. The van der Waals surface area contributed by atoms with Crippen molar-refractivity contribution in [2.24, 2.45) is 5.41 Å². The van der Waals surface area contributed by atoms with Crippen molar-refractivity contribution in [3.63, 3.8) is 0 Å². The van der Waals surface area contributed by atoms with Crippen molar-refractivity contribution >= 4 is 11.8 Å². The van der Waals surface area contributed by atoms with E-state index < -0.39 is 0 Å². The van der Waals surface area contributed by atoms with E-state index in [0.29, 0.717) is 19.5 Å². The molecule has 0 saturated heterocycles. The van der Waals surface area contributed by atoms with Gasteiger partial charge in [-0.3, -0.25) is 9.59 Å². The molecule has 1 aromatic carbocycles. The fourth-order valence-corrected chi connectivity index (χ4v) is 3.37. The molecule has 138 valence electrons. The molecule has 0 fully saturated rings. The molecule has 0 radical (unpaired) electrons. The minimum absolute atomic E-state index is 0.0111. The third-order valence-corrected chi connectivity index (χ3v) is 4.98. The van der Waals surface area contributed by atoms with E-state index in [4.69, 9.17) is 0 Å². The minimum atomic E-state index is -0.184. The first-order valence-electron chi connectivity index (χ1n) is 9.06. The van der Waals surface area contributed by atoms with Crippen LogP contribution in [0.2, 0.25) is 0 Å². The monoisotopic (exact) mass is 346 g/mol. The molecule has 25 heavy (non-hydrogen) atoms. The molecule has 2 N–H and O–H groups in total. The Bertz CT molecular complexity index is 613. The van der Waals surface area contributed by atoms with Gasteiger partial charge in [-0.1, -0.05) is 38.1 Å². The van der Waals surface area contributed by atoms with Crippen LogP contribution in [0.3, 0.4) is 0 Å². The van der Waals surface area contributed by atoms with Gasteiger partial charge in [0.15, 0.2) is 0 Å². The number of carbonyl (C=O) groups is 2. The summed E-state index contributed by atoms with van der Waals surface area (Å²) in [5.74, 6) is -0.0215. The van der Waals surface area contributed by atoms with Gasteiger partial charge in [-0.15, -0.1) is 0 Å². The zero-order valence-electron chi connectivity index (χ0n) is 15.5. The SMILES string of the molecule is CC(=O)N1CCc2ccccc2C1CC(=O)NCCCC(C)(C)CO. The topological polar surface area (TPSA) is 69.6 Å². The quantitative estimate of drug-likeness (QED) is 0.745. The molecule has 0 aliphatic carbocycles. The third kappa shape index (κ3) is 5.30. The molecule has 1 atom stereocenters. The molecular formula is C20H30N2O3. The largest absolute Gasteiger partial charge is 0.396 e. The molecule has 2 amide bonds. The van der Waals surface area contributed by atoms with Crippen LogP contribution < -0.4 is 5.32 Å². The molecule has 1 heterocycles. The number of benzene rings is 1. The average Bonchev–Trinajstić information content (AvgIpc) is 2.59. The summed E-state index contributed by atoms with van der Waals surface area (Å²) in [5, 5.41) is 12.2. The molecule has 0 bridgehead atoms. The van der Waals surface area contributed by atoms with Gasteiger partial charge in [0.1, 0.15) is 0 Å². The number of carbonyl (C=O) groups excluding carboxylic acids is 2. The standard InChI is InChI=1S/C20H30N2O3/c1-15(24)22-12-9-16-7-4-5-8-17(16)18(22)13-19(25)21-11-6-10-20(2,3)14-23/h4-5,7-8,18,23H,6,9-14H2,1-3H3,(H,21,25). The van der Waals surface area contributed by atoms with Gasteiger partial charge in [-0.05, 0) is 35.8 Å². The van der Waals surface area contributed by atoms with E-state index in [1.54, 1.807) is 11.8 Å². The molecule has 2 rings (SSSR count). The number of hydrogen-bond acceptors (Lipinski definition) is 3. The highest BCUT2D eigenvalue weighted by atomic mass is 16.3. The normalized spacial score (nSPS) is 17.1. The van der Waals surface area contributed by atoms with Crippen LogP contribution in [0.15, 0.2) is 24.3 Å². The van der Waals surface area contributed by atoms with Crippen molar-refractivity contribution in [3.8, 4) is 0 Å². The fourth-order valence-electron chi connectivity index (χ4n) is 3.37. The first-order valence-corrected chi connectivity index (χ1v) is 9.06. The maximum Gasteiger partial charge on any atom is 0.222 e. The van der Waals surface area contributed by atoms with E-state index in [1.807, 2.05) is 32.0 Å². The Hall–Kier alpha value is -1.88. The molecule has 1 unspecified atom stereocenters. The van der Waals surface area contributed by atoms with E-state index in [1.165, 1.54) is 5.56 Å². The zero-order chi connectivity index (χ0) is 18.4. The van der Waals surface area contributed by atoms with Crippen LogP contribution in [-0.2, 0) is 16.0 Å². The number of fused-ring (bicyclic) bond motifs is 1. The lowest BCUT2D eigenvalue weighted by atomic mass is 9.89. The Balaban J connectivity index is 1.94. The van der Waals surface area contributed by atoms with Crippen LogP contribution >= 0.6 is 0 Å². The van der Waals surface area contributed by atoms with Crippen molar-refractivity contribution in [2.45, 2.75) is 52.5 Å². The van der Waals surface area contributed by atoms with Gasteiger partial charge in [-0.25, -0.2) is 0 Å². The summed E-state index contributed by atoms with van der Waals surface area (Å²) in [6.07, 6.45) is 2.82. The lowest BCUT2D eigenvalue weighted by Crippen LogP contribution is -2.41. The van der Waals surface area contributed by atoms with E-state index in [2.05, 4.69) is 11.4 Å². The van der Waals surface area contributed by atoms with Gasteiger partial charge < -0.3 is 15.3 Å². The summed E-state index contributed by atoms with van der Waals surface area (Å²) in [7, 11) is 0. The molecule has 0 saturated carbocycles. The first-order chi connectivity index (χ1) is 11.8. The maximum atomic E-state index is 12.4. The predicted octanol–water partition coefficient (Wildman–Crippen LogP) is 2.44. The number of hydrogen-bond donors (Lipinski definition) is 2. The molecule has 5 nitrogen and oxygen atoms in total. The smallest absolute Gasteiger partial charge is 0.222 e. The van der Waals surface area contributed by atoms with Gasteiger partial charge in [-0.2, -0.15) is 0 Å².